The van der Waals surface area contributed by atoms with E-state index in [-0.39, 0.29) is 11.7 Å². The van der Waals surface area contributed by atoms with Gasteiger partial charge in [-0.25, -0.2) is 0 Å². The van der Waals surface area contributed by atoms with E-state index in [1.54, 1.807) is 6.26 Å². The van der Waals surface area contributed by atoms with E-state index >= 15 is 0 Å². The van der Waals surface area contributed by atoms with Crippen molar-refractivity contribution in [2.24, 2.45) is 0 Å². The molecule has 7 heteroatoms. The number of aromatic amines is 1. The Morgan fingerprint density at radius 3 is 2.45 bits per heavy atom. The summed E-state index contributed by atoms with van der Waals surface area (Å²) in [7, 11) is 0. The zero-order valence-electron chi connectivity index (χ0n) is 11.6. The Labute approximate surface area is 122 Å². The van der Waals surface area contributed by atoms with Crippen LogP contribution >= 0.6 is 11.8 Å². The van der Waals surface area contributed by atoms with Crippen molar-refractivity contribution < 1.29 is 4.79 Å². The standard InChI is InChI=1S/C13H20N4O2S/c1-20-13-15-12(19)10(16-17-13)11(18)14-9-7-5-3-2-4-6-8-9/h9H,2-8H2,1H3,(H,14,18)(H,15,17,19). The van der Waals surface area contributed by atoms with Crippen LogP contribution in [0.15, 0.2) is 9.95 Å². The molecule has 1 amide bonds. The number of thioether (sulfide) groups is 1. The molecule has 1 aromatic heterocycles. The Morgan fingerprint density at radius 2 is 1.85 bits per heavy atom. The first kappa shape index (κ1) is 15.0. The molecule has 2 N–H and O–H groups in total. The van der Waals surface area contributed by atoms with Gasteiger partial charge in [0, 0.05) is 6.04 Å². The first-order valence-electron chi connectivity index (χ1n) is 7.02. The van der Waals surface area contributed by atoms with Crippen molar-refractivity contribution in [1.82, 2.24) is 20.5 Å². The molecule has 1 aromatic rings. The highest BCUT2D eigenvalue weighted by Crippen LogP contribution is 2.17. The van der Waals surface area contributed by atoms with Gasteiger partial charge in [0.25, 0.3) is 11.5 Å². The fourth-order valence-corrected chi connectivity index (χ4v) is 2.73. The second-order valence-corrected chi connectivity index (χ2v) is 5.82. The van der Waals surface area contributed by atoms with E-state index in [0.29, 0.717) is 5.16 Å². The summed E-state index contributed by atoms with van der Waals surface area (Å²) in [5, 5.41) is 10.9. The molecule has 0 radical (unpaired) electrons. The van der Waals surface area contributed by atoms with Crippen molar-refractivity contribution in [2.75, 3.05) is 6.26 Å². The summed E-state index contributed by atoms with van der Waals surface area (Å²) in [6.45, 7) is 0. The molecule has 0 atom stereocenters. The molecule has 0 aliphatic heterocycles. The highest BCUT2D eigenvalue weighted by atomic mass is 32.2. The SMILES string of the molecule is CSc1nnc(C(=O)NC2CCCCCCC2)c(=O)[nH]1. The lowest BCUT2D eigenvalue weighted by molar-refractivity contribution is 0.0922. The van der Waals surface area contributed by atoms with Crippen molar-refractivity contribution in [3.63, 3.8) is 0 Å². The van der Waals surface area contributed by atoms with Crippen molar-refractivity contribution in [3.05, 3.63) is 16.0 Å². The molecule has 1 fully saturated rings. The molecule has 0 saturated heterocycles. The number of nitrogens with one attached hydrogen (secondary N) is 2. The Bertz CT molecular complexity index is 509. The lowest BCUT2D eigenvalue weighted by Crippen LogP contribution is -2.39. The predicted octanol–water partition coefficient (Wildman–Crippen LogP) is 1.73. The average molecular weight is 296 g/mol. The summed E-state index contributed by atoms with van der Waals surface area (Å²) in [4.78, 5) is 26.4. The van der Waals surface area contributed by atoms with Crippen LogP contribution in [0, 0.1) is 0 Å². The van der Waals surface area contributed by atoms with Gasteiger partial charge in [-0.2, -0.15) is 0 Å². The fraction of sp³-hybridized carbons (Fsp3) is 0.692. The number of rotatable bonds is 3. The van der Waals surface area contributed by atoms with Gasteiger partial charge in [-0.3, -0.25) is 14.6 Å². The first-order valence-corrected chi connectivity index (χ1v) is 8.25. The zero-order valence-corrected chi connectivity index (χ0v) is 12.5. The van der Waals surface area contributed by atoms with Crippen molar-refractivity contribution in [3.8, 4) is 0 Å². The quantitative estimate of drug-likeness (QED) is 0.829. The van der Waals surface area contributed by atoms with Gasteiger partial charge in [0.2, 0.25) is 5.69 Å². The van der Waals surface area contributed by atoms with Crippen LogP contribution < -0.4 is 10.9 Å². The highest BCUT2D eigenvalue weighted by molar-refractivity contribution is 7.98. The largest absolute Gasteiger partial charge is 0.348 e. The number of aromatic nitrogens is 3. The zero-order chi connectivity index (χ0) is 14.4. The van der Waals surface area contributed by atoms with Gasteiger partial charge in [-0.15, -0.1) is 10.2 Å². The molecule has 1 aliphatic carbocycles. The summed E-state index contributed by atoms with van der Waals surface area (Å²) in [5.41, 5.74) is -0.627. The molecule has 0 unspecified atom stereocenters. The number of nitrogens with zero attached hydrogens (tertiary/aromatic N) is 2. The Kier molecular flexibility index (Phi) is 5.58. The molecule has 1 saturated carbocycles. The monoisotopic (exact) mass is 296 g/mol. The average Bonchev–Trinajstić information content (AvgIpc) is 2.41. The van der Waals surface area contributed by atoms with Crippen LogP contribution in [0.4, 0.5) is 0 Å². The van der Waals surface area contributed by atoms with Crippen LogP contribution in [0.5, 0.6) is 0 Å². The minimum Gasteiger partial charge on any atom is -0.348 e. The normalized spacial score (nSPS) is 17.2. The van der Waals surface area contributed by atoms with Gasteiger partial charge >= 0.3 is 0 Å². The molecule has 0 spiro atoms. The maximum Gasteiger partial charge on any atom is 0.283 e. The Balaban J connectivity index is 2.01. The number of carbonyl (C=O) groups is 1. The molecule has 0 aromatic carbocycles. The van der Waals surface area contributed by atoms with Crippen LogP contribution in [0.25, 0.3) is 0 Å². The van der Waals surface area contributed by atoms with Gasteiger partial charge in [0.05, 0.1) is 0 Å². The number of carbonyl (C=O) groups excluding carboxylic acids is 1. The summed E-state index contributed by atoms with van der Waals surface area (Å²) in [6, 6.07) is 0.143. The molecule has 1 aliphatic rings. The van der Waals surface area contributed by atoms with E-state index in [4.69, 9.17) is 0 Å². The van der Waals surface area contributed by atoms with E-state index in [2.05, 4.69) is 20.5 Å². The second kappa shape index (κ2) is 7.42. The van der Waals surface area contributed by atoms with Crippen LogP contribution in [0.2, 0.25) is 0 Å². The molecule has 1 heterocycles. The lowest BCUT2D eigenvalue weighted by Gasteiger charge is -2.20. The van der Waals surface area contributed by atoms with Crippen molar-refractivity contribution >= 4 is 17.7 Å². The van der Waals surface area contributed by atoms with E-state index in [1.165, 1.54) is 31.0 Å². The third-order valence-electron chi connectivity index (χ3n) is 3.53. The van der Waals surface area contributed by atoms with Gasteiger partial charge in [-0.05, 0) is 19.1 Å². The number of hydrogen-bond donors (Lipinski definition) is 2. The highest BCUT2D eigenvalue weighted by Gasteiger charge is 2.19. The lowest BCUT2D eigenvalue weighted by atomic mass is 9.96. The van der Waals surface area contributed by atoms with Gasteiger partial charge in [0.1, 0.15) is 0 Å². The summed E-state index contributed by atoms with van der Waals surface area (Å²) < 4.78 is 0. The number of hydrogen-bond acceptors (Lipinski definition) is 5. The van der Waals surface area contributed by atoms with E-state index in [0.717, 1.165) is 25.7 Å². The van der Waals surface area contributed by atoms with Gasteiger partial charge < -0.3 is 5.32 Å². The third kappa shape index (κ3) is 4.06. The number of amides is 1. The minimum absolute atomic E-state index is 0.143. The predicted molar refractivity (Wildman–Crippen MR) is 78.0 cm³/mol. The van der Waals surface area contributed by atoms with E-state index in [9.17, 15) is 9.59 Å². The topological polar surface area (TPSA) is 87.7 Å². The molecule has 0 bridgehead atoms. The van der Waals surface area contributed by atoms with Crippen LogP contribution in [-0.4, -0.2) is 33.4 Å². The van der Waals surface area contributed by atoms with Crippen LogP contribution in [0.3, 0.4) is 0 Å². The minimum atomic E-state index is -0.479. The fourth-order valence-electron chi connectivity index (χ4n) is 2.42. The molecular weight excluding hydrogens is 276 g/mol. The van der Waals surface area contributed by atoms with Crippen molar-refractivity contribution in [1.29, 1.82) is 0 Å². The van der Waals surface area contributed by atoms with E-state index in [1.807, 2.05) is 0 Å². The van der Waals surface area contributed by atoms with Crippen molar-refractivity contribution in [2.45, 2.75) is 56.1 Å². The van der Waals surface area contributed by atoms with Gasteiger partial charge in [0.15, 0.2) is 5.16 Å². The maximum atomic E-state index is 12.1. The molecule has 20 heavy (non-hydrogen) atoms. The Hall–Kier alpha value is -1.37. The van der Waals surface area contributed by atoms with Crippen LogP contribution in [0.1, 0.15) is 55.4 Å². The Morgan fingerprint density at radius 1 is 1.20 bits per heavy atom. The molecular formula is C13H20N4O2S. The van der Waals surface area contributed by atoms with E-state index < -0.39 is 11.5 Å². The molecule has 2 rings (SSSR count). The smallest absolute Gasteiger partial charge is 0.283 e. The molecule has 110 valence electrons. The third-order valence-corrected chi connectivity index (χ3v) is 4.10. The number of H-pyrrole nitrogens is 1. The molecule has 6 nitrogen and oxygen atoms in total. The first-order chi connectivity index (χ1) is 9.70. The maximum absolute atomic E-state index is 12.1. The second-order valence-electron chi connectivity index (χ2n) is 5.03. The van der Waals surface area contributed by atoms with Crippen LogP contribution in [-0.2, 0) is 0 Å². The summed E-state index contributed by atoms with van der Waals surface area (Å²) in [5.74, 6) is -0.419. The summed E-state index contributed by atoms with van der Waals surface area (Å²) >= 11 is 1.28. The van der Waals surface area contributed by atoms with Gasteiger partial charge in [-0.1, -0.05) is 43.9 Å². The summed E-state index contributed by atoms with van der Waals surface area (Å²) in [6.07, 6.45) is 9.69.